The van der Waals surface area contributed by atoms with Crippen LogP contribution in [0, 0.1) is 17.0 Å². The molecule has 21 heavy (non-hydrogen) atoms. The summed E-state index contributed by atoms with van der Waals surface area (Å²) in [7, 11) is 0. The predicted octanol–water partition coefficient (Wildman–Crippen LogP) is 3.50. The van der Waals surface area contributed by atoms with Gasteiger partial charge in [-0.25, -0.2) is 9.97 Å². The summed E-state index contributed by atoms with van der Waals surface area (Å²) in [5.74, 6) is 0.366. The highest BCUT2D eigenvalue weighted by atomic mass is 79.9. The first kappa shape index (κ1) is 13.5. The highest BCUT2D eigenvalue weighted by molar-refractivity contribution is 9.10. The molecule has 0 spiro atoms. The van der Waals surface area contributed by atoms with Crippen LogP contribution in [0.4, 0.5) is 5.69 Å². The molecule has 0 radical (unpaired) electrons. The minimum absolute atomic E-state index is 0.110. The number of imidazole rings is 1. The van der Waals surface area contributed by atoms with Crippen LogP contribution in [-0.4, -0.2) is 19.3 Å². The van der Waals surface area contributed by atoms with E-state index in [1.54, 1.807) is 42.0 Å². The van der Waals surface area contributed by atoms with Crippen molar-refractivity contribution in [3.8, 4) is 11.6 Å². The van der Waals surface area contributed by atoms with Gasteiger partial charge in [0.15, 0.2) is 0 Å². The van der Waals surface area contributed by atoms with Crippen molar-refractivity contribution in [3.05, 3.63) is 57.1 Å². The Kier molecular flexibility index (Phi) is 3.30. The van der Waals surface area contributed by atoms with Gasteiger partial charge in [-0.3, -0.25) is 14.5 Å². The number of nitro groups is 1. The summed E-state index contributed by atoms with van der Waals surface area (Å²) in [4.78, 5) is 19.0. The van der Waals surface area contributed by atoms with Crippen molar-refractivity contribution in [3.63, 3.8) is 0 Å². The first-order valence-electron chi connectivity index (χ1n) is 5.97. The number of benzene rings is 1. The lowest BCUT2D eigenvalue weighted by molar-refractivity contribution is -0.385. The Labute approximate surface area is 127 Å². The van der Waals surface area contributed by atoms with E-state index < -0.39 is 4.92 Å². The average Bonchev–Trinajstić information content (AvgIpc) is 2.88. The zero-order valence-electron chi connectivity index (χ0n) is 10.9. The summed E-state index contributed by atoms with van der Waals surface area (Å²) in [6.45, 7) is 1.74. The molecule has 3 rings (SSSR count). The van der Waals surface area contributed by atoms with Gasteiger partial charge in [-0.05, 0) is 28.4 Å². The third-order valence-corrected chi connectivity index (χ3v) is 3.28. The molecule has 0 aliphatic heterocycles. The van der Waals surface area contributed by atoms with Crippen LogP contribution in [0.3, 0.4) is 0 Å². The standard InChI is InChI=1S/C13H9BrN4O3/c1-8-3-2-4-9(18(19)20)11(8)21-13-12-15-5-6-17(12)7-10(14)16-13/h2-7H,1H3. The van der Waals surface area contributed by atoms with E-state index in [0.717, 1.165) is 0 Å². The van der Waals surface area contributed by atoms with Crippen molar-refractivity contribution < 1.29 is 9.66 Å². The van der Waals surface area contributed by atoms with E-state index in [-0.39, 0.29) is 17.3 Å². The van der Waals surface area contributed by atoms with Crippen LogP contribution >= 0.6 is 15.9 Å². The molecule has 1 aromatic carbocycles. The van der Waals surface area contributed by atoms with E-state index in [9.17, 15) is 10.1 Å². The molecule has 0 N–H and O–H groups in total. The maximum Gasteiger partial charge on any atom is 0.311 e. The number of nitrogens with zero attached hydrogens (tertiary/aromatic N) is 4. The van der Waals surface area contributed by atoms with Crippen LogP contribution < -0.4 is 4.74 Å². The van der Waals surface area contributed by atoms with Gasteiger partial charge >= 0.3 is 5.69 Å². The molecule has 0 fully saturated rings. The zero-order valence-corrected chi connectivity index (χ0v) is 12.4. The van der Waals surface area contributed by atoms with Gasteiger partial charge in [0.25, 0.3) is 5.88 Å². The lowest BCUT2D eigenvalue weighted by Crippen LogP contribution is -1.99. The minimum atomic E-state index is -0.483. The second kappa shape index (κ2) is 5.13. The van der Waals surface area contributed by atoms with E-state index in [1.807, 2.05) is 0 Å². The lowest BCUT2D eigenvalue weighted by Gasteiger charge is -2.09. The number of rotatable bonds is 3. The summed E-state index contributed by atoms with van der Waals surface area (Å²) in [5, 5.41) is 11.1. The van der Waals surface area contributed by atoms with Gasteiger partial charge in [0.2, 0.25) is 11.4 Å². The fourth-order valence-electron chi connectivity index (χ4n) is 1.95. The maximum atomic E-state index is 11.1. The number of aromatic nitrogens is 3. The average molecular weight is 349 g/mol. The zero-order chi connectivity index (χ0) is 15.0. The van der Waals surface area contributed by atoms with Crippen LogP contribution in [0.5, 0.6) is 11.6 Å². The molecule has 7 nitrogen and oxygen atoms in total. The van der Waals surface area contributed by atoms with E-state index in [0.29, 0.717) is 15.8 Å². The quantitative estimate of drug-likeness (QED) is 0.534. The molecule has 8 heteroatoms. The smallest absolute Gasteiger partial charge is 0.311 e. The first-order chi connectivity index (χ1) is 10.1. The number of fused-ring (bicyclic) bond motifs is 1. The Morgan fingerprint density at radius 2 is 2.24 bits per heavy atom. The molecule has 0 bridgehead atoms. The molecular formula is C13H9BrN4O3. The monoisotopic (exact) mass is 348 g/mol. The van der Waals surface area contributed by atoms with Crippen molar-refractivity contribution in [2.45, 2.75) is 6.92 Å². The number of halogens is 1. The molecule has 3 aromatic rings. The lowest BCUT2D eigenvalue weighted by atomic mass is 10.2. The van der Waals surface area contributed by atoms with E-state index >= 15 is 0 Å². The van der Waals surface area contributed by atoms with Crippen LogP contribution in [0.15, 0.2) is 41.4 Å². The van der Waals surface area contributed by atoms with Gasteiger partial charge < -0.3 is 4.74 Å². The van der Waals surface area contributed by atoms with Crippen molar-refractivity contribution in [1.82, 2.24) is 14.4 Å². The molecule has 2 heterocycles. The van der Waals surface area contributed by atoms with Crippen LogP contribution in [0.1, 0.15) is 5.56 Å². The molecule has 0 unspecified atom stereocenters. The normalized spacial score (nSPS) is 10.8. The van der Waals surface area contributed by atoms with Crippen molar-refractivity contribution >= 4 is 27.3 Å². The van der Waals surface area contributed by atoms with E-state index in [4.69, 9.17) is 4.74 Å². The highest BCUT2D eigenvalue weighted by Gasteiger charge is 2.20. The van der Waals surface area contributed by atoms with Crippen LogP contribution in [0.2, 0.25) is 0 Å². The molecule has 0 atom stereocenters. The summed E-state index contributed by atoms with van der Waals surface area (Å²) in [5.41, 5.74) is 1.02. The molecule has 0 saturated heterocycles. The van der Waals surface area contributed by atoms with Crippen molar-refractivity contribution in [2.24, 2.45) is 0 Å². The molecule has 0 amide bonds. The van der Waals surface area contributed by atoms with Gasteiger partial charge in [0.05, 0.1) is 4.92 Å². The van der Waals surface area contributed by atoms with Gasteiger partial charge in [0.1, 0.15) is 4.60 Å². The third kappa shape index (κ3) is 2.45. The molecular weight excluding hydrogens is 340 g/mol. The van der Waals surface area contributed by atoms with Gasteiger partial charge in [-0.2, -0.15) is 0 Å². The van der Waals surface area contributed by atoms with Gasteiger partial charge in [0, 0.05) is 24.7 Å². The molecule has 0 saturated carbocycles. The van der Waals surface area contributed by atoms with Crippen molar-refractivity contribution in [1.29, 1.82) is 0 Å². The Morgan fingerprint density at radius 3 is 3.00 bits per heavy atom. The fourth-order valence-corrected chi connectivity index (χ4v) is 2.33. The number of para-hydroxylation sites is 1. The first-order valence-corrected chi connectivity index (χ1v) is 6.76. The summed E-state index contributed by atoms with van der Waals surface area (Å²) >= 11 is 3.27. The molecule has 106 valence electrons. The van der Waals surface area contributed by atoms with Gasteiger partial charge in [-0.1, -0.05) is 12.1 Å². The number of hydrogen-bond donors (Lipinski definition) is 0. The topological polar surface area (TPSA) is 82.6 Å². The number of ether oxygens (including phenoxy) is 1. The predicted molar refractivity (Wildman–Crippen MR) is 78.6 cm³/mol. The maximum absolute atomic E-state index is 11.1. The second-order valence-corrected chi connectivity index (χ2v) is 5.12. The van der Waals surface area contributed by atoms with Crippen molar-refractivity contribution in [2.75, 3.05) is 0 Å². The van der Waals surface area contributed by atoms with Crippen LogP contribution in [-0.2, 0) is 0 Å². The highest BCUT2D eigenvalue weighted by Crippen LogP contribution is 2.35. The summed E-state index contributed by atoms with van der Waals surface area (Å²) < 4.78 is 7.95. The SMILES string of the molecule is Cc1cccc([N+](=O)[O-])c1Oc1nc(Br)cn2ccnc12. The molecule has 2 aromatic heterocycles. The second-order valence-electron chi connectivity index (χ2n) is 4.31. The number of aryl methyl sites for hydroxylation is 1. The van der Waals surface area contributed by atoms with E-state index in [2.05, 4.69) is 25.9 Å². The summed E-state index contributed by atoms with van der Waals surface area (Å²) in [6, 6.07) is 4.74. The van der Waals surface area contributed by atoms with E-state index in [1.165, 1.54) is 6.07 Å². The fraction of sp³-hybridized carbons (Fsp3) is 0.0769. The number of nitro benzene ring substituents is 1. The largest absolute Gasteiger partial charge is 0.428 e. The third-order valence-electron chi connectivity index (χ3n) is 2.90. The Hall–Kier alpha value is -2.48. The molecule has 0 aliphatic rings. The Morgan fingerprint density at radius 1 is 1.43 bits per heavy atom. The number of hydrogen-bond acceptors (Lipinski definition) is 5. The molecule has 0 aliphatic carbocycles. The minimum Gasteiger partial charge on any atom is -0.428 e. The summed E-state index contributed by atoms with van der Waals surface area (Å²) in [6.07, 6.45) is 5.06. The Bertz CT molecular complexity index is 847. The Balaban J connectivity index is 2.15. The van der Waals surface area contributed by atoms with Gasteiger partial charge in [-0.15, -0.1) is 0 Å². The van der Waals surface area contributed by atoms with Crippen LogP contribution in [0.25, 0.3) is 5.65 Å².